The summed E-state index contributed by atoms with van der Waals surface area (Å²) < 4.78 is 17.5. The summed E-state index contributed by atoms with van der Waals surface area (Å²) in [5.41, 5.74) is 2.87. The number of imide groups is 1. The predicted molar refractivity (Wildman–Crippen MR) is 131 cm³/mol. The first-order valence-corrected chi connectivity index (χ1v) is 12.0. The number of aryl methyl sites for hydroxylation is 1. The van der Waals surface area contributed by atoms with Crippen LogP contribution in [0.2, 0.25) is 0 Å². The summed E-state index contributed by atoms with van der Waals surface area (Å²) in [7, 11) is 0. The number of ether oxygens (including phenoxy) is 3. The molecule has 9 nitrogen and oxygen atoms in total. The average molecular weight is 495 g/mol. The van der Waals surface area contributed by atoms with E-state index in [0.29, 0.717) is 29.2 Å². The number of nitrogens with zero attached hydrogens (tertiary/aromatic N) is 2. The van der Waals surface area contributed by atoms with E-state index in [1.807, 2.05) is 25.1 Å². The van der Waals surface area contributed by atoms with Gasteiger partial charge in [-0.3, -0.25) is 14.5 Å². The van der Waals surface area contributed by atoms with Crippen LogP contribution >= 0.6 is 0 Å². The van der Waals surface area contributed by atoms with Gasteiger partial charge in [0.1, 0.15) is 24.1 Å². The minimum absolute atomic E-state index is 0.0183. The second-order valence-corrected chi connectivity index (χ2v) is 9.54. The molecule has 36 heavy (non-hydrogen) atoms. The SMILES string of the molecule is C=C(CN1C(=O)c2ccccc2C1=O)N(C[C@H](C)O)c1cc(O[C@H]2CO[C@H]3[C@@H]2OC[C@@H]3O)ccc1C. The molecule has 0 saturated carbocycles. The van der Waals surface area contributed by atoms with Crippen LogP contribution in [-0.2, 0) is 9.47 Å². The van der Waals surface area contributed by atoms with Crippen molar-refractivity contribution in [3.8, 4) is 5.75 Å². The molecule has 2 aromatic rings. The zero-order valence-electron chi connectivity index (χ0n) is 20.3. The largest absolute Gasteiger partial charge is 0.485 e. The van der Waals surface area contributed by atoms with E-state index >= 15 is 0 Å². The molecule has 0 spiro atoms. The second-order valence-electron chi connectivity index (χ2n) is 9.54. The molecule has 2 aromatic carbocycles. The second kappa shape index (κ2) is 9.67. The molecule has 3 aliphatic rings. The van der Waals surface area contributed by atoms with Crippen LogP contribution in [0, 0.1) is 6.92 Å². The highest BCUT2D eigenvalue weighted by Crippen LogP contribution is 2.34. The molecule has 3 aliphatic heterocycles. The Bertz CT molecular complexity index is 1160. The van der Waals surface area contributed by atoms with Gasteiger partial charge in [-0.1, -0.05) is 24.8 Å². The van der Waals surface area contributed by atoms with E-state index in [0.717, 1.165) is 11.3 Å². The highest BCUT2D eigenvalue weighted by Gasteiger charge is 2.48. The van der Waals surface area contributed by atoms with E-state index in [9.17, 15) is 19.8 Å². The molecule has 0 radical (unpaired) electrons. The minimum Gasteiger partial charge on any atom is -0.485 e. The van der Waals surface area contributed by atoms with Crippen molar-refractivity contribution in [1.29, 1.82) is 0 Å². The van der Waals surface area contributed by atoms with Crippen LogP contribution in [0.1, 0.15) is 33.2 Å². The van der Waals surface area contributed by atoms with Crippen LogP contribution in [0.15, 0.2) is 54.7 Å². The van der Waals surface area contributed by atoms with Gasteiger partial charge in [-0.15, -0.1) is 0 Å². The van der Waals surface area contributed by atoms with Gasteiger partial charge in [0.2, 0.25) is 0 Å². The predicted octanol–water partition coefficient (Wildman–Crippen LogP) is 1.90. The van der Waals surface area contributed by atoms with Crippen LogP contribution in [-0.4, -0.2) is 83.8 Å². The number of aliphatic hydroxyl groups is 2. The lowest BCUT2D eigenvalue weighted by atomic mass is 10.1. The Morgan fingerprint density at radius 1 is 1.14 bits per heavy atom. The maximum Gasteiger partial charge on any atom is 0.261 e. The summed E-state index contributed by atoms with van der Waals surface area (Å²) in [5, 5.41) is 20.2. The number of aliphatic hydroxyl groups excluding tert-OH is 2. The smallest absolute Gasteiger partial charge is 0.261 e. The standard InChI is InChI=1S/C27H30N2O7/c1-15-8-9-18(36-23-14-35-24-22(31)13-34-25(23)24)10-21(15)28(12-17(3)30)16(2)11-29-26(32)19-6-4-5-7-20(19)27(29)33/h4-10,17,22-25,30-31H,2,11-14H2,1,3H3/t17-,22-,23-,24+,25+/m0/s1. The van der Waals surface area contributed by atoms with Gasteiger partial charge in [-0.05, 0) is 37.6 Å². The molecule has 2 amide bonds. The fraction of sp³-hybridized carbons (Fsp3) is 0.407. The summed E-state index contributed by atoms with van der Waals surface area (Å²) in [6.07, 6.45) is -2.47. The van der Waals surface area contributed by atoms with Crippen molar-refractivity contribution in [3.05, 3.63) is 71.4 Å². The summed E-state index contributed by atoms with van der Waals surface area (Å²) in [6.45, 7) is 8.46. The molecule has 5 rings (SSSR count). The maximum absolute atomic E-state index is 12.9. The van der Waals surface area contributed by atoms with E-state index < -0.39 is 18.3 Å². The maximum atomic E-state index is 12.9. The highest BCUT2D eigenvalue weighted by molar-refractivity contribution is 6.21. The molecule has 190 valence electrons. The third kappa shape index (κ3) is 4.39. The molecular formula is C27H30N2O7. The molecule has 0 aliphatic carbocycles. The fourth-order valence-corrected chi connectivity index (χ4v) is 4.99. The quantitative estimate of drug-likeness (QED) is 0.536. The Kier molecular flexibility index (Phi) is 6.57. The van der Waals surface area contributed by atoms with Gasteiger partial charge in [0.05, 0.1) is 37.0 Å². The number of anilines is 1. The van der Waals surface area contributed by atoms with Crippen molar-refractivity contribution < 1.29 is 34.0 Å². The van der Waals surface area contributed by atoms with E-state index in [4.69, 9.17) is 14.2 Å². The normalized spacial score (nSPS) is 25.6. The van der Waals surface area contributed by atoms with E-state index in [1.54, 1.807) is 36.1 Å². The van der Waals surface area contributed by atoms with Crippen LogP contribution in [0.5, 0.6) is 5.75 Å². The molecule has 0 bridgehead atoms. The molecular weight excluding hydrogens is 464 g/mol. The molecule has 9 heteroatoms. The number of hydrogen-bond donors (Lipinski definition) is 2. The number of amides is 2. The molecule has 0 aromatic heterocycles. The Hall–Kier alpha value is -3.24. The molecule has 5 atom stereocenters. The van der Waals surface area contributed by atoms with Gasteiger partial charge in [-0.25, -0.2) is 0 Å². The van der Waals surface area contributed by atoms with Crippen molar-refractivity contribution >= 4 is 17.5 Å². The molecule has 2 fully saturated rings. The van der Waals surface area contributed by atoms with Crippen LogP contribution in [0.4, 0.5) is 5.69 Å². The number of carbonyl (C=O) groups excluding carboxylic acids is 2. The van der Waals surface area contributed by atoms with Crippen molar-refractivity contribution in [3.63, 3.8) is 0 Å². The van der Waals surface area contributed by atoms with Crippen molar-refractivity contribution in [2.75, 3.05) is 31.2 Å². The number of carbonyl (C=O) groups is 2. The third-order valence-corrected chi connectivity index (χ3v) is 6.79. The average Bonchev–Trinajstić information content (AvgIpc) is 3.50. The van der Waals surface area contributed by atoms with Crippen LogP contribution in [0.3, 0.4) is 0 Å². The van der Waals surface area contributed by atoms with Crippen LogP contribution < -0.4 is 9.64 Å². The summed E-state index contributed by atoms with van der Waals surface area (Å²) >= 11 is 0. The lowest BCUT2D eigenvalue weighted by Gasteiger charge is -2.31. The zero-order chi connectivity index (χ0) is 25.6. The van der Waals surface area contributed by atoms with E-state index in [1.165, 1.54) is 4.90 Å². The van der Waals surface area contributed by atoms with Crippen molar-refractivity contribution in [2.45, 2.75) is 44.4 Å². The van der Waals surface area contributed by atoms with Gasteiger partial charge in [0, 0.05) is 24.0 Å². The summed E-state index contributed by atoms with van der Waals surface area (Å²) in [4.78, 5) is 28.8. The third-order valence-electron chi connectivity index (χ3n) is 6.79. The van der Waals surface area contributed by atoms with Crippen molar-refractivity contribution in [2.24, 2.45) is 0 Å². The Balaban J connectivity index is 1.37. The van der Waals surface area contributed by atoms with Gasteiger partial charge < -0.3 is 29.3 Å². The monoisotopic (exact) mass is 494 g/mol. The lowest BCUT2D eigenvalue weighted by molar-refractivity contribution is 0.00863. The highest BCUT2D eigenvalue weighted by atomic mass is 16.6. The van der Waals surface area contributed by atoms with Gasteiger partial charge >= 0.3 is 0 Å². The van der Waals surface area contributed by atoms with Gasteiger partial charge in [-0.2, -0.15) is 0 Å². The summed E-state index contributed by atoms with van der Waals surface area (Å²) in [6, 6.07) is 12.3. The summed E-state index contributed by atoms with van der Waals surface area (Å²) in [5.74, 6) is -0.159. The number of hydrogen-bond acceptors (Lipinski definition) is 8. The van der Waals surface area contributed by atoms with E-state index in [-0.39, 0.29) is 43.7 Å². The zero-order valence-corrected chi connectivity index (χ0v) is 20.3. The van der Waals surface area contributed by atoms with Gasteiger partial charge in [0.15, 0.2) is 6.10 Å². The Morgan fingerprint density at radius 2 is 1.81 bits per heavy atom. The number of rotatable bonds is 8. The topological polar surface area (TPSA) is 109 Å². The number of benzene rings is 2. The van der Waals surface area contributed by atoms with Gasteiger partial charge in [0.25, 0.3) is 11.8 Å². The molecule has 0 unspecified atom stereocenters. The Labute approximate surface area is 209 Å². The number of fused-ring (bicyclic) bond motifs is 2. The molecule has 3 heterocycles. The lowest BCUT2D eigenvalue weighted by Crippen LogP contribution is -2.39. The minimum atomic E-state index is -0.703. The Morgan fingerprint density at radius 3 is 2.47 bits per heavy atom. The first-order chi connectivity index (χ1) is 17.2. The van der Waals surface area contributed by atoms with Crippen LogP contribution in [0.25, 0.3) is 0 Å². The van der Waals surface area contributed by atoms with Crippen molar-refractivity contribution in [1.82, 2.24) is 4.90 Å². The molecule has 2 N–H and O–H groups in total. The first-order valence-electron chi connectivity index (χ1n) is 12.0. The molecule has 2 saturated heterocycles. The first kappa shape index (κ1) is 24.5. The fourth-order valence-electron chi connectivity index (χ4n) is 4.99. The van der Waals surface area contributed by atoms with E-state index in [2.05, 4.69) is 6.58 Å².